The number of carboxylic acids is 1. The molecular formula is C18H23NO4. The second-order valence-corrected chi connectivity index (χ2v) is 6.56. The van der Waals surface area contributed by atoms with Crippen LogP contribution in [0.25, 0.3) is 0 Å². The van der Waals surface area contributed by atoms with E-state index in [4.69, 9.17) is 9.84 Å². The standard InChI is InChI=1S/C18H23NO4/c1-12-4-6-13(7-5-12)16-15(3-2-10-23-16)17(20)19-9-8-14(11-19)18(21)22/h4-7,14-16H,2-3,8-11H2,1H3,(H,21,22)/t14-,15+,16-/m0/s1. The fourth-order valence-electron chi connectivity index (χ4n) is 3.52. The van der Waals surface area contributed by atoms with Gasteiger partial charge in [-0.2, -0.15) is 0 Å². The molecule has 5 nitrogen and oxygen atoms in total. The maximum Gasteiger partial charge on any atom is 0.308 e. The van der Waals surface area contributed by atoms with E-state index in [1.165, 1.54) is 5.56 Å². The van der Waals surface area contributed by atoms with Gasteiger partial charge >= 0.3 is 5.97 Å². The first-order chi connectivity index (χ1) is 11.1. The first-order valence-electron chi connectivity index (χ1n) is 8.26. The highest BCUT2D eigenvalue weighted by molar-refractivity contribution is 5.81. The molecule has 0 unspecified atom stereocenters. The number of amides is 1. The second-order valence-electron chi connectivity index (χ2n) is 6.56. The third kappa shape index (κ3) is 3.39. The summed E-state index contributed by atoms with van der Waals surface area (Å²) in [7, 11) is 0. The van der Waals surface area contributed by atoms with Crippen LogP contribution in [0.1, 0.15) is 36.5 Å². The minimum atomic E-state index is -0.810. The van der Waals surface area contributed by atoms with Gasteiger partial charge in [-0.3, -0.25) is 9.59 Å². The van der Waals surface area contributed by atoms with E-state index >= 15 is 0 Å². The summed E-state index contributed by atoms with van der Waals surface area (Å²) in [6, 6.07) is 8.11. The van der Waals surface area contributed by atoms with Gasteiger partial charge in [-0.15, -0.1) is 0 Å². The average molecular weight is 317 g/mol. The Balaban J connectivity index is 1.75. The molecule has 0 aliphatic carbocycles. The molecule has 1 aromatic carbocycles. The molecule has 2 fully saturated rings. The number of carboxylic acid groups (broad SMARTS) is 1. The summed E-state index contributed by atoms with van der Waals surface area (Å²) in [6.45, 7) is 3.56. The van der Waals surface area contributed by atoms with Gasteiger partial charge in [0.15, 0.2) is 0 Å². The Labute approximate surface area is 136 Å². The summed E-state index contributed by atoms with van der Waals surface area (Å²) in [5, 5.41) is 9.12. The lowest BCUT2D eigenvalue weighted by Gasteiger charge is -2.33. The van der Waals surface area contributed by atoms with Crippen molar-refractivity contribution in [1.29, 1.82) is 0 Å². The zero-order valence-corrected chi connectivity index (χ0v) is 13.4. The van der Waals surface area contributed by atoms with Crippen molar-refractivity contribution in [3.05, 3.63) is 35.4 Å². The van der Waals surface area contributed by atoms with E-state index in [2.05, 4.69) is 0 Å². The summed E-state index contributed by atoms with van der Waals surface area (Å²) in [5.41, 5.74) is 2.21. The molecule has 124 valence electrons. The molecule has 0 spiro atoms. The van der Waals surface area contributed by atoms with Gasteiger partial charge in [0.05, 0.1) is 17.9 Å². The molecule has 2 aliphatic rings. The summed E-state index contributed by atoms with van der Waals surface area (Å²) >= 11 is 0. The van der Waals surface area contributed by atoms with E-state index in [-0.39, 0.29) is 17.9 Å². The molecular weight excluding hydrogens is 294 g/mol. The Morgan fingerprint density at radius 1 is 1.22 bits per heavy atom. The predicted octanol–water partition coefficient (Wildman–Crippen LogP) is 2.40. The number of benzene rings is 1. The van der Waals surface area contributed by atoms with Crippen molar-refractivity contribution < 1.29 is 19.4 Å². The number of nitrogens with zero attached hydrogens (tertiary/aromatic N) is 1. The largest absolute Gasteiger partial charge is 0.481 e. The number of hydrogen-bond acceptors (Lipinski definition) is 3. The number of aliphatic carboxylic acids is 1. The zero-order chi connectivity index (χ0) is 16.4. The maximum atomic E-state index is 12.9. The van der Waals surface area contributed by atoms with Crippen molar-refractivity contribution in [1.82, 2.24) is 4.90 Å². The van der Waals surface area contributed by atoms with E-state index in [1.54, 1.807) is 4.90 Å². The van der Waals surface area contributed by atoms with Gasteiger partial charge in [-0.05, 0) is 31.7 Å². The molecule has 1 aromatic rings. The maximum absolute atomic E-state index is 12.9. The Bertz CT molecular complexity index is 583. The Morgan fingerprint density at radius 3 is 2.61 bits per heavy atom. The highest BCUT2D eigenvalue weighted by Gasteiger charge is 2.39. The molecule has 1 N–H and O–H groups in total. The highest BCUT2D eigenvalue weighted by atomic mass is 16.5. The van der Waals surface area contributed by atoms with Crippen molar-refractivity contribution in [3.8, 4) is 0 Å². The molecule has 3 rings (SSSR count). The molecule has 23 heavy (non-hydrogen) atoms. The fourth-order valence-corrected chi connectivity index (χ4v) is 3.52. The topological polar surface area (TPSA) is 66.8 Å². The van der Waals surface area contributed by atoms with Gasteiger partial charge in [-0.25, -0.2) is 0 Å². The van der Waals surface area contributed by atoms with Crippen molar-refractivity contribution in [2.24, 2.45) is 11.8 Å². The highest BCUT2D eigenvalue weighted by Crippen LogP contribution is 2.36. The van der Waals surface area contributed by atoms with Crippen molar-refractivity contribution in [2.75, 3.05) is 19.7 Å². The predicted molar refractivity (Wildman–Crippen MR) is 84.9 cm³/mol. The van der Waals surface area contributed by atoms with Crippen LogP contribution in [0.4, 0.5) is 0 Å². The van der Waals surface area contributed by atoms with Gasteiger partial charge in [0.25, 0.3) is 0 Å². The average Bonchev–Trinajstić information content (AvgIpc) is 3.05. The number of ether oxygens (including phenoxy) is 1. The van der Waals surface area contributed by atoms with Crippen LogP contribution in [-0.4, -0.2) is 41.6 Å². The van der Waals surface area contributed by atoms with E-state index in [1.807, 2.05) is 31.2 Å². The lowest BCUT2D eigenvalue weighted by molar-refractivity contribution is -0.145. The van der Waals surface area contributed by atoms with Crippen LogP contribution >= 0.6 is 0 Å². The van der Waals surface area contributed by atoms with Crippen LogP contribution in [0, 0.1) is 18.8 Å². The van der Waals surface area contributed by atoms with Crippen molar-refractivity contribution in [2.45, 2.75) is 32.3 Å². The number of aryl methyl sites for hydroxylation is 1. The summed E-state index contributed by atoms with van der Waals surface area (Å²) < 4.78 is 5.91. The van der Waals surface area contributed by atoms with E-state index in [0.29, 0.717) is 26.1 Å². The van der Waals surface area contributed by atoms with Crippen LogP contribution in [-0.2, 0) is 14.3 Å². The third-order valence-corrected chi connectivity index (χ3v) is 4.89. The Morgan fingerprint density at radius 2 is 1.96 bits per heavy atom. The number of carbonyl (C=O) groups excluding carboxylic acids is 1. The number of carbonyl (C=O) groups is 2. The molecule has 0 saturated carbocycles. The first kappa shape index (κ1) is 16.0. The monoisotopic (exact) mass is 317 g/mol. The third-order valence-electron chi connectivity index (χ3n) is 4.89. The van der Waals surface area contributed by atoms with Gasteiger partial charge in [-0.1, -0.05) is 29.8 Å². The molecule has 2 aliphatic heterocycles. The smallest absolute Gasteiger partial charge is 0.308 e. The molecule has 2 heterocycles. The number of likely N-dealkylation sites (tertiary alicyclic amines) is 1. The molecule has 2 saturated heterocycles. The molecule has 0 radical (unpaired) electrons. The van der Waals surface area contributed by atoms with Gasteiger partial charge in [0.1, 0.15) is 0 Å². The first-order valence-corrected chi connectivity index (χ1v) is 8.26. The number of hydrogen-bond donors (Lipinski definition) is 1. The normalized spacial score (nSPS) is 27.9. The van der Waals surface area contributed by atoms with E-state index in [9.17, 15) is 9.59 Å². The second kappa shape index (κ2) is 6.71. The van der Waals surface area contributed by atoms with E-state index in [0.717, 1.165) is 18.4 Å². The minimum absolute atomic E-state index is 0.0408. The Kier molecular flexibility index (Phi) is 4.66. The van der Waals surface area contributed by atoms with Crippen molar-refractivity contribution >= 4 is 11.9 Å². The van der Waals surface area contributed by atoms with Gasteiger partial charge in [0.2, 0.25) is 5.91 Å². The van der Waals surface area contributed by atoms with Gasteiger partial charge in [0, 0.05) is 19.7 Å². The Hall–Kier alpha value is -1.88. The van der Waals surface area contributed by atoms with Crippen LogP contribution < -0.4 is 0 Å². The summed E-state index contributed by atoms with van der Waals surface area (Å²) in [6.07, 6.45) is 1.99. The lowest BCUT2D eigenvalue weighted by Crippen LogP contribution is -2.40. The molecule has 5 heteroatoms. The molecule has 0 aromatic heterocycles. The van der Waals surface area contributed by atoms with Gasteiger partial charge < -0.3 is 14.7 Å². The number of rotatable bonds is 3. The van der Waals surface area contributed by atoms with Crippen LogP contribution in [0.15, 0.2) is 24.3 Å². The van der Waals surface area contributed by atoms with Crippen LogP contribution in [0.3, 0.4) is 0 Å². The lowest BCUT2D eigenvalue weighted by atomic mass is 9.88. The minimum Gasteiger partial charge on any atom is -0.481 e. The van der Waals surface area contributed by atoms with Crippen molar-refractivity contribution in [3.63, 3.8) is 0 Å². The molecule has 3 atom stereocenters. The molecule has 0 bridgehead atoms. The van der Waals surface area contributed by atoms with E-state index < -0.39 is 11.9 Å². The van der Waals surface area contributed by atoms with Crippen LogP contribution in [0.2, 0.25) is 0 Å². The molecule has 1 amide bonds. The zero-order valence-electron chi connectivity index (χ0n) is 13.4. The summed E-state index contributed by atoms with van der Waals surface area (Å²) in [5.74, 6) is -1.41. The summed E-state index contributed by atoms with van der Waals surface area (Å²) in [4.78, 5) is 25.7. The fraction of sp³-hybridized carbons (Fsp3) is 0.556. The SMILES string of the molecule is Cc1ccc([C@@H]2OCCC[C@H]2C(=O)N2CC[C@H](C(=O)O)C2)cc1. The van der Waals surface area contributed by atoms with Crippen LogP contribution in [0.5, 0.6) is 0 Å². The quantitative estimate of drug-likeness (QED) is 0.929.